The number of hydrogen-bond donors (Lipinski definition) is 2. The first-order valence-corrected chi connectivity index (χ1v) is 11.1. The Bertz CT molecular complexity index is 766. The van der Waals surface area contributed by atoms with Crippen molar-refractivity contribution in [1.82, 2.24) is 0 Å². The van der Waals surface area contributed by atoms with Crippen molar-refractivity contribution in [2.45, 2.75) is 73.0 Å². The summed E-state index contributed by atoms with van der Waals surface area (Å²) in [4.78, 5) is 2.52. The molecule has 0 N–H and O–H groups in total. The molecule has 2 aromatic carbocycles. The second kappa shape index (κ2) is 8.19. The SMILES string of the molecule is CCc1cc(S(=O)(=O)c2cc(CC)c(S)c(CC)c2)cc(CC)c1S. The molecule has 0 spiro atoms. The number of benzene rings is 2. The highest BCUT2D eigenvalue weighted by molar-refractivity contribution is 7.91. The van der Waals surface area contributed by atoms with E-state index in [-0.39, 0.29) is 0 Å². The Morgan fingerprint density at radius 3 is 1.08 bits per heavy atom. The molecule has 0 aromatic heterocycles. The Morgan fingerprint density at radius 1 is 0.640 bits per heavy atom. The standard InChI is InChI=1S/C20H26O2S3/c1-5-13-9-17(10-14(6-2)19(13)23)25(21,22)18-11-15(7-3)20(24)16(8-4)12-18/h9-12,23-24H,5-8H2,1-4H3. The molecule has 2 aromatic rings. The summed E-state index contributed by atoms with van der Waals surface area (Å²) >= 11 is 9.15. The van der Waals surface area contributed by atoms with Gasteiger partial charge in [0.2, 0.25) is 9.84 Å². The Kier molecular flexibility index (Phi) is 6.68. The third-order valence-corrected chi connectivity index (χ3v) is 7.49. The average molecular weight is 395 g/mol. The van der Waals surface area contributed by atoms with Gasteiger partial charge < -0.3 is 0 Å². The lowest BCUT2D eigenvalue weighted by molar-refractivity contribution is 0.595. The van der Waals surface area contributed by atoms with E-state index >= 15 is 0 Å². The van der Waals surface area contributed by atoms with Gasteiger partial charge in [0, 0.05) is 9.79 Å². The van der Waals surface area contributed by atoms with E-state index < -0.39 is 9.84 Å². The number of sulfone groups is 1. The lowest BCUT2D eigenvalue weighted by Crippen LogP contribution is -2.07. The van der Waals surface area contributed by atoms with Crippen LogP contribution in [-0.2, 0) is 35.5 Å². The molecule has 0 bridgehead atoms. The second-order valence-electron chi connectivity index (χ2n) is 6.10. The molecule has 5 heteroatoms. The molecule has 25 heavy (non-hydrogen) atoms. The largest absolute Gasteiger partial charge is 0.219 e. The molecule has 0 atom stereocenters. The van der Waals surface area contributed by atoms with E-state index in [4.69, 9.17) is 0 Å². The van der Waals surface area contributed by atoms with E-state index in [0.29, 0.717) is 9.79 Å². The molecular formula is C20H26O2S3. The summed E-state index contributed by atoms with van der Waals surface area (Å²) in [6, 6.07) is 7.07. The summed E-state index contributed by atoms with van der Waals surface area (Å²) in [6.45, 7) is 8.08. The van der Waals surface area contributed by atoms with Crippen molar-refractivity contribution >= 4 is 35.1 Å². The van der Waals surface area contributed by atoms with Gasteiger partial charge in [-0.15, -0.1) is 25.3 Å². The van der Waals surface area contributed by atoms with E-state index in [9.17, 15) is 8.42 Å². The molecule has 0 saturated heterocycles. The van der Waals surface area contributed by atoms with Crippen LogP contribution in [0.4, 0.5) is 0 Å². The second-order valence-corrected chi connectivity index (χ2v) is 8.94. The fourth-order valence-corrected chi connectivity index (χ4v) is 5.33. The molecule has 2 rings (SSSR count). The first-order valence-electron chi connectivity index (χ1n) is 8.74. The monoisotopic (exact) mass is 394 g/mol. The zero-order valence-electron chi connectivity index (χ0n) is 15.3. The molecule has 0 radical (unpaired) electrons. The van der Waals surface area contributed by atoms with E-state index in [0.717, 1.165) is 57.7 Å². The predicted molar refractivity (Wildman–Crippen MR) is 110 cm³/mol. The molecule has 0 amide bonds. The quantitative estimate of drug-likeness (QED) is 0.648. The smallest absolute Gasteiger partial charge is 0.206 e. The fourth-order valence-electron chi connectivity index (χ4n) is 2.98. The minimum Gasteiger partial charge on any atom is -0.219 e. The van der Waals surface area contributed by atoms with Crippen LogP contribution < -0.4 is 0 Å². The van der Waals surface area contributed by atoms with Crippen LogP contribution in [0.25, 0.3) is 0 Å². The van der Waals surface area contributed by atoms with Crippen LogP contribution in [0.3, 0.4) is 0 Å². The lowest BCUT2D eigenvalue weighted by Gasteiger charge is -2.15. The Hall–Kier alpha value is -0.910. The number of hydrogen-bond acceptors (Lipinski definition) is 4. The Balaban J connectivity index is 2.71. The first kappa shape index (κ1) is 20.4. The molecule has 0 aliphatic carbocycles. The maximum absolute atomic E-state index is 13.3. The molecule has 0 unspecified atom stereocenters. The maximum atomic E-state index is 13.3. The van der Waals surface area contributed by atoms with Crippen molar-refractivity contribution in [3.8, 4) is 0 Å². The number of aryl methyl sites for hydroxylation is 4. The van der Waals surface area contributed by atoms with Crippen LogP contribution in [0.15, 0.2) is 43.8 Å². The summed E-state index contributed by atoms with van der Waals surface area (Å²) in [6.07, 6.45) is 3.02. The molecule has 0 fully saturated rings. The fraction of sp³-hybridized carbons (Fsp3) is 0.400. The minimum atomic E-state index is -3.57. The van der Waals surface area contributed by atoms with Crippen LogP contribution >= 0.6 is 25.3 Å². The van der Waals surface area contributed by atoms with Crippen molar-refractivity contribution in [3.63, 3.8) is 0 Å². The van der Waals surface area contributed by atoms with Crippen LogP contribution in [0.5, 0.6) is 0 Å². The normalized spacial score (nSPS) is 11.8. The van der Waals surface area contributed by atoms with Crippen LogP contribution in [0.2, 0.25) is 0 Å². The molecule has 0 aliphatic rings. The predicted octanol–water partition coefficient (Wildman–Crippen LogP) is 5.35. The number of rotatable bonds is 6. The summed E-state index contributed by atoms with van der Waals surface area (Å²) in [5.74, 6) is 0. The van der Waals surface area contributed by atoms with E-state index in [1.807, 2.05) is 27.7 Å². The van der Waals surface area contributed by atoms with Crippen LogP contribution in [0, 0.1) is 0 Å². The molecule has 0 heterocycles. The van der Waals surface area contributed by atoms with Gasteiger partial charge in [0.05, 0.1) is 9.79 Å². The van der Waals surface area contributed by atoms with Crippen LogP contribution in [-0.4, -0.2) is 8.42 Å². The van der Waals surface area contributed by atoms with Gasteiger partial charge in [0.1, 0.15) is 0 Å². The maximum Gasteiger partial charge on any atom is 0.206 e. The molecular weight excluding hydrogens is 368 g/mol. The van der Waals surface area contributed by atoms with Gasteiger partial charge in [0.25, 0.3) is 0 Å². The zero-order chi connectivity index (χ0) is 18.8. The highest BCUT2D eigenvalue weighted by Gasteiger charge is 2.22. The average Bonchev–Trinajstić information content (AvgIpc) is 2.61. The summed E-state index contributed by atoms with van der Waals surface area (Å²) in [5.41, 5.74) is 3.88. The van der Waals surface area contributed by atoms with Crippen molar-refractivity contribution in [3.05, 3.63) is 46.5 Å². The summed E-state index contributed by atoms with van der Waals surface area (Å²) in [5, 5.41) is 0. The molecule has 0 saturated carbocycles. The topological polar surface area (TPSA) is 34.1 Å². The van der Waals surface area contributed by atoms with Crippen molar-refractivity contribution in [2.75, 3.05) is 0 Å². The highest BCUT2D eigenvalue weighted by atomic mass is 32.2. The number of thiol groups is 2. The van der Waals surface area contributed by atoms with Gasteiger partial charge in [0.15, 0.2) is 0 Å². The van der Waals surface area contributed by atoms with E-state index in [1.54, 1.807) is 24.3 Å². The van der Waals surface area contributed by atoms with E-state index in [2.05, 4.69) is 25.3 Å². The van der Waals surface area contributed by atoms with E-state index in [1.165, 1.54) is 0 Å². The van der Waals surface area contributed by atoms with Gasteiger partial charge in [-0.3, -0.25) is 0 Å². The summed E-state index contributed by atoms with van der Waals surface area (Å²) < 4.78 is 26.6. The van der Waals surface area contributed by atoms with Gasteiger partial charge in [-0.1, -0.05) is 27.7 Å². The minimum absolute atomic E-state index is 0.357. The van der Waals surface area contributed by atoms with Crippen LogP contribution in [0.1, 0.15) is 49.9 Å². The molecule has 2 nitrogen and oxygen atoms in total. The Morgan fingerprint density at radius 2 is 0.880 bits per heavy atom. The highest BCUT2D eigenvalue weighted by Crippen LogP contribution is 2.32. The third-order valence-electron chi connectivity index (χ3n) is 4.63. The zero-order valence-corrected chi connectivity index (χ0v) is 17.9. The molecule has 136 valence electrons. The van der Waals surface area contributed by atoms with Crippen molar-refractivity contribution in [1.29, 1.82) is 0 Å². The summed E-state index contributed by atoms with van der Waals surface area (Å²) in [7, 11) is -3.57. The first-order chi connectivity index (χ1) is 11.8. The van der Waals surface area contributed by atoms with Gasteiger partial charge >= 0.3 is 0 Å². The third kappa shape index (κ3) is 3.93. The molecule has 0 aliphatic heterocycles. The van der Waals surface area contributed by atoms with Gasteiger partial charge in [-0.2, -0.15) is 0 Å². The van der Waals surface area contributed by atoms with Crippen molar-refractivity contribution < 1.29 is 8.42 Å². The van der Waals surface area contributed by atoms with Gasteiger partial charge in [-0.25, -0.2) is 8.42 Å². The Labute approximate surface area is 162 Å². The van der Waals surface area contributed by atoms with Crippen molar-refractivity contribution in [2.24, 2.45) is 0 Å². The van der Waals surface area contributed by atoms with Gasteiger partial charge in [-0.05, 0) is 72.2 Å². The lowest BCUT2D eigenvalue weighted by atomic mass is 10.1.